The minimum absolute atomic E-state index is 0.0181. The summed E-state index contributed by atoms with van der Waals surface area (Å²) >= 11 is 1.57. The van der Waals surface area contributed by atoms with Crippen molar-refractivity contribution < 1.29 is 0 Å². The van der Waals surface area contributed by atoms with Crippen LogP contribution in [0.15, 0.2) is 70.5 Å². The fraction of sp³-hybridized carbons (Fsp3) is 0.273. The van der Waals surface area contributed by atoms with Crippen molar-refractivity contribution in [3.63, 3.8) is 0 Å². The fourth-order valence-corrected chi connectivity index (χ4v) is 3.80. The van der Waals surface area contributed by atoms with Crippen molar-refractivity contribution in [2.24, 2.45) is 4.99 Å². The number of aryl methyl sites for hydroxylation is 1. The highest BCUT2D eigenvalue weighted by Gasteiger charge is 2.06. The molecule has 0 spiro atoms. The van der Waals surface area contributed by atoms with E-state index in [9.17, 15) is 4.79 Å². The zero-order chi connectivity index (χ0) is 18.4. The highest BCUT2D eigenvalue weighted by molar-refractivity contribution is 7.12. The van der Waals surface area contributed by atoms with Crippen molar-refractivity contribution in [2.45, 2.75) is 39.7 Å². The maximum Gasteiger partial charge on any atom is 0.254 e. The van der Waals surface area contributed by atoms with Crippen LogP contribution in [0.1, 0.15) is 31.7 Å². The average molecular weight is 365 g/mol. The van der Waals surface area contributed by atoms with E-state index < -0.39 is 0 Å². The van der Waals surface area contributed by atoms with Crippen molar-refractivity contribution >= 4 is 17.0 Å². The number of unbranched alkanes of at least 4 members (excludes halogenated alkanes) is 2. The Labute approximate surface area is 158 Å². The van der Waals surface area contributed by atoms with E-state index in [1.807, 2.05) is 59.2 Å². The first-order valence-electron chi connectivity index (χ1n) is 9.09. The molecule has 1 aromatic heterocycles. The van der Waals surface area contributed by atoms with Gasteiger partial charge in [0.15, 0.2) is 4.80 Å². The Morgan fingerprint density at radius 1 is 1.00 bits per heavy atom. The molecule has 0 saturated heterocycles. The topological polar surface area (TPSA) is 34.4 Å². The molecule has 0 atom stereocenters. The standard InChI is InChI=1S/C22H24N2OS/c1-3-4-8-15-24-21(25)16-20(18-9-6-5-7-10-18)26-22(24)23-19-13-11-17(2)12-14-19/h5-7,9-14,16H,3-4,8,15H2,1-2H3. The molecular weight excluding hydrogens is 340 g/mol. The Balaban J connectivity index is 2.12. The predicted molar refractivity (Wildman–Crippen MR) is 110 cm³/mol. The first-order chi connectivity index (χ1) is 12.7. The average Bonchev–Trinajstić information content (AvgIpc) is 2.66. The Kier molecular flexibility index (Phi) is 6.18. The second-order valence-electron chi connectivity index (χ2n) is 6.40. The van der Waals surface area contributed by atoms with Crippen LogP contribution in [0.5, 0.6) is 0 Å². The molecule has 1 heterocycles. The van der Waals surface area contributed by atoms with Crippen LogP contribution < -0.4 is 10.4 Å². The molecule has 0 unspecified atom stereocenters. The molecule has 2 aromatic carbocycles. The Morgan fingerprint density at radius 3 is 2.42 bits per heavy atom. The van der Waals surface area contributed by atoms with E-state index in [4.69, 9.17) is 4.99 Å². The summed E-state index contributed by atoms with van der Waals surface area (Å²) in [7, 11) is 0. The summed E-state index contributed by atoms with van der Waals surface area (Å²) in [6.07, 6.45) is 3.23. The van der Waals surface area contributed by atoms with Crippen molar-refractivity contribution in [3.05, 3.63) is 81.4 Å². The van der Waals surface area contributed by atoms with Crippen LogP contribution in [-0.2, 0) is 6.54 Å². The lowest BCUT2D eigenvalue weighted by Crippen LogP contribution is -2.31. The number of benzene rings is 2. The normalized spacial score (nSPS) is 11.7. The zero-order valence-electron chi connectivity index (χ0n) is 15.3. The second-order valence-corrected chi connectivity index (χ2v) is 7.41. The van der Waals surface area contributed by atoms with Crippen LogP contribution in [0.3, 0.4) is 0 Å². The number of hydrogen-bond donors (Lipinski definition) is 0. The molecule has 0 fully saturated rings. The van der Waals surface area contributed by atoms with Gasteiger partial charge in [0.2, 0.25) is 0 Å². The number of nitrogens with zero attached hydrogens (tertiary/aromatic N) is 2. The third kappa shape index (κ3) is 4.58. The summed E-state index contributed by atoms with van der Waals surface area (Å²) in [6.45, 7) is 4.94. The van der Waals surface area contributed by atoms with E-state index in [1.165, 1.54) is 5.56 Å². The van der Waals surface area contributed by atoms with E-state index in [0.29, 0.717) is 6.54 Å². The molecule has 134 valence electrons. The van der Waals surface area contributed by atoms with Crippen LogP contribution in [0.2, 0.25) is 0 Å². The van der Waals surface area contributed by atoms with Crippen molar-refractivity contribution in [2.75, 3.05) is 0 Å². The molecule has 0 N–H and O–H groups in total. The van der Waals surface area contributed by atoms with Crippen molar-refractivity contribution in [1.82, 2.24) is 4.57 Å². The van der Waals surface area contributed by atoms with Crippen LogP contribution in [0.4, 0.5) is 5.69 Å². The van der Waals surface area contributed by atoms with Gasteiger partial charge in [0.25, 0.3) is 5.56 Å². The minimum atomic E-state index is 0.0181. The Morgan fingerprint density at radius 2 is 1.73 bits per heavy atom. The van der Waals surface area contributed by atoms with Gasteiger partial charge in [-0.15, -0.1) is 0 Å². The van der Waals surface area contributed by atoms with E-state index in [2.05, 4.69) is 13.8 Å². The quantitative estimate of drug-likeness (QED) is 0.546. The summed E-state index contributed by atoms with van der Waals surface area (Å²) in [4.78, 5) is 19.3. The van der Waals surface area contributed by atoms with E-state index in [1.54, 1.807) is 17.4 Å². The van der Waals surface area contributed by atoms with E-state index in [-0.39, 0.29) is 5.56 Å². The molecule has 0 aliphatic heterocycles. The summed E-state index contributed by atoms with van der Waals surface area (Å²) in [5.74, 6) is 0. The number of rotatable bonds is 6. The van der Waals surface area contributed by atoms with Gasteiger partial charge in [-0.3, -0.25) is 9.36 Å². The zero-order valence-corrected chi connectivity index (χ0v) is 16.1. The molecule has 0 bridgehead atoms. The summed E-state index contributed by atoms with van der Waals surface area (Å²) in [5.41, 5.74) is 3.15. The predicted octanol–water partition coefficient (Wildman–Crippen LogP) is 5.31. The van der Waals surface area contributed by atoms with Gasteiger partial charge < -0.3 is 0 Å². The molecule has 0 saturated carbocycles. The summed E-state index contributed by atoms with van der Waals surface area (Å²) in [6, 6.07) is 19.9. The number of hydrogen-bond acceptors (Lipinski definition) is 3. The maximum atomic E-state index is 12.8. The first kappa shape index (κ1) is 18.3. The van der Waals surface area contributed by atoms with E-state index in [0.717, 1.165) is 40.2 Å². The maximum absolute atomic E-state index is 12.8. The number of aromatic nitrogens is 1. The lowest BCUT2D eigenvalue weighted by atomic mass is 10.2. The molecule has 0 radical (unpaired) electrons. The largest absolute Gasteiger partial charge is 0.284 e. The molecule has 0 aliphatic carbocycles. The van der Waals surface area contributed by atoms with Crippen molar-refractivity contribution in [1.29, 1.82) is 0 Å². The van der Waals surface area contributed by atoms with Crippen LogP contribution >= 0.6 is 11.3 Å². The van der Waals surface area contributed by atoms with Gasteiger partial charge >= 0.3 is 0 Å². The van der Waals surface area contributed by atoms with Gasteiger partial charge in [-0.05, 0) is 31.0 Å². The Bertz CT molecular complexity index is 970. The molecule has 3 aromatic rings. The van der Waals surface area contributed by atoms with Crippen LogP contribution in [0.25, 0.3) is 10.4 Å². The molecular formula is C22H24N2OS. The van der Waals surface area contributed by atoms with Crippen LogP contribution in [0, 0.1) is 6.92 Å². The smallest absolute Gasteiger partial charge is 0.254 e. The minimum Gasteiger partial charge on any atom is -0.284 e. The van der Waals surface area contributed by atoms with Crippen LogP contribution in [-0.4, -0.2) is 4.57 Å². The molecule has 0 aliphatic rings. The molecule has 4 heteroatoms. The monoisotopic (exact) mass is 364 g/mol. The lowest BCUT2D eigenvalue weighted by Gasteiger charge is -2.08. The highest BCUT2D eigenvalue weighted by Crippen LogP contribution is 2.20. The van der Waals surface area contributed by atoms with Gasteiger partial charge in [0, 0.05) is 17.5 Å². The first-order valence-corrected chi connectivity index (χ1v) is 9.91. The summed E-state index contributed by atoms with van der Waals surface area (Å²) < 4.78 is 1.81. The van der Waals surface area contributed by atoms with Gasteiger partial charge in [0.05, 0.1) is 5.69 Å². The SMILES string of the molecule is CCCCCn1c(=O)cc(-c2ccccc2)sc1=Nc1ccc(C)cc1. The van der Waals surface area contributed by atoms with Gasteiger partial charge in [0.1, 0.15) is 0 Å². The molecule has 26 heavy (non-hydrogen) atoms. The second kappa shape index (κ2) is 8.77. The van der Waals surface area contributed by atoms with E-state index >= 15 is 0 Å². The highest BCUT2D eigenvalue weighted by atomic mass is 32.1. The summed E-state index contributed by atoms with van der Waals surface area (Å²) in [5, 5.41) is 0. The van der Waals surface area contributed by atoms with Gasteiger partial charge in [-0.1, -0.05) is 79.1 Å². The third-order valence-electron chi connectivity index (χ3n) is 4.26. The molecule has 3 rings (SSSR count). The third-order valence-corrected chi connectivity index (χ3v) is 5.32. The van der Waals surface area contributed by atoms with Gasteiger partial charge in [-0.2, -0.15) is 0 Å². The lowest BCUT2D eigenvalue weighted by molar-refractivity contribution is 0.576. The molecule has 3 nitrogen and oxygen atoms in total. The van der Waals surface area contributed by atoms with Crippen molar-refractivity contribution in [3.8, 4) is 10.4 Å². The van der Waals surface area contributed by atoms with Gasteiger partial charge in [-0.25, -0.2) is 4.99 Å². The molecule has 0 amide bonds. The Hall–Kier alpha value is -2.46. The fourth-order valence-electron chi connectivity index (χ4n) is 2.75.